The average Bonchev–Trinajstić information content (AvgIpc) is 2.21. The molecule has 1 rings (SSSR count). The molecule has 3 N–H and O–H groups in total. The molecule has 1 aromatic carbocycles. The van der Waals surface area contributed by atoms with Gasteiger partial charge < -0.3 is 15.6 Å². The minimum absolute atomic E-state index is 0.449. The molecule has 0 bridgehead atoms. The van der Waals surface area contributed by atoms with Crippen molar-refractivity contribution in [1.29, 1.82) is 0 Å². The zero-order chi connectivity index (χ0) is 11.4. The Morgan fingerprint density at radius 2 is 2.20 bits per heavy atom. The van der Waals surface area contributed by atoms with Crippen molar-refractivity contribution in [3.05, 3.63) is 28.3 Å². The maximum atomic E-state index is 9.81. The van der Waals surface area contributed by atoms with Gasteiger partial charge in [-0.1, -0.05) is 11.6 Å². The van der Waals surface area contributed by atoms with Crippen molar-refractivity contribution in [2.75, 3.05) is 13.7 Å². The highest BCUT2D eigenvalue weighted by Gasteiger charge is 2.12. The van der Waals surface area contributed by atoms with Crippen LogP contribution in [-0.2, 0) is 0 Å². The molecule has 15 heavy (non-hydrogen) atoms. The molecule has 1 atom stereocenters. The third-order valence-electron chi connectivity index (χ3n) is 2.34. The van der Waals surface area contributed by atoms with Crippen molar-refractivity contribution in [1.82, 2.24) is 0 Å². The topological polar surface area (TPSA) is 55.5 Å². The van der Waals surface area contributed by atoms with Crippen LogP contribution in [0.5, 0.6) is 5.75 Å². The summed E-state index contributed by atoms with van der Waals surface area (Å²) in [5.41, 5.74) is 7.16. The first-order chi connectivity index (χ1) is 7.10. The lowest BCUT2D eigenvalue weighted by molar-refractivity contribution is 0.169. The van der Waals surface area contributed by atoms with Crippen molar-refractivity contribution in [2.45, 2.75) is 19.4 Å². The van der Waals surface area contributed by atoms with Crippen LogP contribution in [0.4, 0.5) is 0 Å². The van der Waals surface area contributed by atoms with E-state index in [1.807, 2.05) is 13.0 Å². The van der Waals surface area contributed by atoms with E-state index in [0.29, 0.717) is 23.7 Å². The summed E-state index contributed by atoms with van der Waals surface area (Å²) in [6.07, 6.45) is -0.0258. The predicted octanol–water partition coefficient (Wildman–Crippen LogP) is 2.04. The Kier molecular flexibility index (Phi) is 4.39. The van der Waals surface area contributed by atoms with Crippen molar-refractivity contribution in [3.8, 4) is 5.75 Å². The van der Waals surface area contributed by atoms with Gasteiger partial charge in [0.25, 0.3) is 0 Å². The summed E-state index contributed by atoms with van der Waals surface area (Å²) in [5.74, 6) is 0.623. The molecule has 0 aliphatic heterocycles. The summed E-state index contributed by atoms with van der Waals surface area (Å²) in [6, 6.07) is 3.55. The summed E-state index contributed by atoms with van der Waals surface area (Å²) >= 11 is 5.98. The van der Waals surface area contributed by atoms with Crippen LogP contribution in [-0.4, -0.2) is 18.8 Å². The zero-order valence-corrected chi connectivity index (χ0v) is 9.71. The third kappa shape index (κ3) is 2.84. The second-order valence-electron chi connectivity index (χ2n) is 3.44. The van der Waals surface area contributed by atoms with Gasteiger partial charge in [-0.25, -0.2) is 0 Å². The fraction of sp³-hybridized carbons (Fsp3) is 0.455. The Morgan fingerprint density at radius 3 is 2.73 bits per heavy atom. The summed E-state index contributed by atoms with van der Waals surface area (Å²) < 4.78 is 5.08. The highest BCUT2D eigenvalue weighted by Crippen LogP contribution is 2.31. The molecule has 1 aromatic rings. The monoisotopic (exact) mass is 229 g/mol. The van der Waals surface area contributed by atoms with Gasteiger partial charge in [-0.15, -0.1) is 0 Å². The fourth-order valence-electron chi connectivity index (χ4n) is 1.50. The van der Waals surface area contributed by atoms with Crippen LogP contribution in [0.3, 0.4) is 0 Å². The first kappa shape index (κ1) is 12.3. The molecule has 84 valence electrons. The number of hydrogen-bond acceptors (Lipinski definition) is 3. The van der Waals surface area contributed by atoms with Gasteiger partial charge in [-0.2, -0.15) is 0 Å². The van der Waals surface area contributed by atoms with Gasteiger partial charge in [0.15, 0.2) is 0 Å². The van der Waals surface area contributed by atoms with Gasteiger partial charge >= 0.3 is 0 Å². The molecule has 1 unspecified atom stereocenters. The molecule has 0 spiro atoms. The van der Waals surface area contributed by atoms with Crippen LogP contribution in [0.2, 0.25) is 5.02 Å². The van der Waals surface area contributed by atoms with E-state index < -0.39 is 6.10 Å². The summed E-state index contributed by atoms with van der Waals surface area (Å²) in [7, 11) is 1.57. The van der Waals surface area contributed by atoms with Gasteiger partial charge in [-0.05, 0) is 43.1 Å². The van der Waals surface area contributed by atoms with E-state index in [2.05, 4.69) is 0 Å². The Morgan fingerprint density at radius 1 is 1.53 bits per heavy atom. The van der Waals surface area contributed by atoms with E-state index in [4.69, 9.17) is 22.1 Å². The average molecular weight is 230 g/mol. The molecule has 3 nitrogen and oxygen atoms in total. The van der Waals surface area contributed by atoms with Gasteiger partial charge in [-0.3, -0.25) is 0 Å². The van der Waals surface area contributed by atoms with E-state index in [-0.39, 0.29) is 0 Å². The van der Waals surface area contributed by atoms with E-state index >= 15 is 0 Å². The van der Waals surface area contributed by atoms with Crippen LogP contribution in [0.25, 0.3) is 0 Å². The number of halogens is 1. The van der Waals surface area contributed by atoms with Gasteiger partial charge in [0.05, 0.1) is 18.2 Å². The maximum absolute atomic E-state index is 9.81. The van der Waals surface area contributed by atoms with Crippen LogP contribution in [0.1, 0.15) is 23.7 Å². The van der Waals surface area contributed by atoms with Gasteiger partial charge in [0.2, 0.25) is 0 Å². The third-order valence-corrected chi connectivity index (χ3v) is 2.63. The SMILES string of the molecule is COc1cc(C)c(C(O)CCN)cc1Cl. The summed E-state index contributed by atoms with van der Waals surface area (Å²) in [5, 5.41) is 10.3. The van der Waals surface area contributed by atoms with Crippen LogP contribution in [0, 0.1) is 6.92 Å². The standard InChI is InChI=1S/C11H16ClNO2/c1-7-5-11(15-2)9(12)6-8(7)10(14)3-4-13/h5-6,10,14H,3-4,13H2,1-2H3. The number of methoxy groups -OCH3 is 1. The Labute approximate surface area is 94.8 Å². The minimum atomic E-state index is -0.557. The molecule has 0 fully saturated rings. The number of aliphatic hydroxyl groups is 1. The summed E-state index contributed by atoms with van der Waals surface area (Å²) in [6.45, 7) is 2.36. The lowest BCUT2D eigenvalue weighted by Gasteiger charge is -2.14. The molecule has 0 saturated heterocycles. The molecule has 0 aliphatic rings. The molecule has 0 amide bonds. The lowest BCUT2D eigenvalue weighted by atomic mass is 10.0. The number of aliphatic hydroxyl groups excluding tert-OH is 1. The number of ether oxygens (including phenoxy) is 1. The highest BCUT2D eigenvalue weighted by molar-refractivity contribution is 6.32. The van der Waals surface area contributed by atoms with Crippen molar-refractivity contribution in [2.24, 2.45) is 5.73 Å². The van der Waals surface area contributed by atoms with E-state index in [1.165, 1.54) is 0 Å². The Bertz CT molecular complexity index is 342. The van der Waals surface area contributed by atoms with Gasteiger partial charge in [0, 0.05) is 0 Å². The first-order valence-electron chi connectivity index (χ1n) is 4.82. The van der Waals surface area contributed by atoms with E-state index in [9.17, 15) is 5.11 Å². The van der Waals surface area contributed by atoms with Crippen molar-refractivity contribution in [3.63, 3.8) is 0 Å². The second-order valence-corrected chi connectivity index (χ2v) is 3.84. The van der Waals surface area contributed by atoms with Crippen molar-refractivity contribution < 1.29 is 9.84 Å². The molecular formula is C11H16ClNO2. The smallest absolute Gasteiger partial charge is 0.137 e. The van der Waals surface area contributed by atoms with Crippen molar-refractivity contribution >= 4 is 11.6 Å². The minimum Gasteiger partial charge on any atom is -0.495 e. The molecule has 0 aliphatic carbocycles. The number of rotatable bonds is 4. The zero-order valence-electron chi connectivity index (χ0n) is 8.96. The maximum Gasteiger partial charge on any atom is 0.137 e. The quantitative estimate of drug-likeness (QED) is 0.831. The Balaban J connectivity index is 3.04. The normalized spacial score (nSPS) is 12.6. The van der Waals surface area contributed by atoms with E-state index in [1.54, 1.807) is 13.2 Å². The molecule has 4 heteroatoms. The number of benzene rings is 1. The molecular weight excluding hydrogens is 214 g/mol. The van der Waals surface area contributed by atoms with Crippen LogP contribution < -0.4 is 10.5 Å². The lowest BCUT2D eigenvalue weighted by Crippen LogP contribution is -2.08. The Hall–Kier alpha value is -0.770. The molecule has 0 radical (unpaired) electrons. The molecule has 0 heterocycles. The highest BCUT2D eigenvalue weighted by atomic mass is 35.5. The summed E-state index contributed by atoms with van der Waals surface area (Å²) in [4.78, 5) is 0. The molecule has 0 saturated carbocycles. The van der Waals surface area contributed by atoms with Gasteiger partial charge in [0.1, 0.15) is 5.75 Å². The second kappa shape index (κ2) is 5.35. The fourth-order valence-corrected chi connectivity index (χ4v) is 1.75. The number of aryl methyl sites for hydroxylation is 1. The number of hydrogen-bond donors (Lipinski definition) is 2. The predicted molar refractivity (Wildman–Crippen MR) is 61.4 cm³/mol. The first-order valence-corrected chi connectivity index (χ1v) is 5.20. The molecule has 0 aromatic heterocycles. The number of nitrogens with two attached hydrogens (primary N) is 1. The van der Waals surface area contributed by atoms with Crippen LogP contribution >= 0.6 is 11.6 Å². The van der Waals surface area contributed by atoms with Crippen LogP contribution in [0.15, 0.2) is 12.1 Å². The van der Waals surface area contributed by atoms with E-state index in [0.717, 1.165) is 11.1 Å². The largest absolute Gasteiger partial charge is 0.495 e.